The van der Waals surface area contributed by atoms with E-state index < -0.39 is 107 Å². The molecule has 6 aliphatic rings. The number of ether oxygens (including phenoxy) is 2. The Hall–Kier alpha value is -8.98. The molecule has 26 nitrogen and oxygen atoms in total. The fourth-order valence-corrected chi connectivity index (χ4v) is 16.6. The largest absolute Gasteiger partial charge is 0.444 e. The van der Waals surface area contributed by atoms with Crippen LogP contribution in [0.15, 0.2) is 121 Å². The van der Waals surface area contributed by atoms with E-state index in [0.29, 0.717) is 95.0 Å². The van der Waals surface area contributed by atoms with Crippen molar-refractivity contribution in [2.24, 2.45) is 39.5 Å². The van der Waals surface area contributed by atoms with Gasteiger partial charge in [0, 0.05) is 65.1 Å². The Morgan fingerprint density at radius 1 is 0.395 bits per heavy atom. The predicted octanol–water partition coefficient (Wildman–Crippen LogP) is 9.53. The third-order valence-corrected chi connectivity index (χ3v) is 24.0. The van der Waals surface area contributed by atoms with Crippen LogP contribution >= 0.6 is 0 Å². The molecular formula is C93H142N14O12. The Labute approximate surface area is 707 Å². The lowest BCUT2D eigenvalue weighted by molar-refractivity contribution is -0.140. The van der Waals surface area contributed by atoms with Gasteiger partial charge in [0.1, 0.15) is 53.5 Å². The first-order valence-corrected chi connectivity index (χ1v) is 44.1. The molecule has 656 valence electrons. The van der Waals surface area contributed by atoms with Crippen LogP contribution in [0.5, 0.6) is 0 Å². The molecule has 0 bridgehead atoms. The van der Waals surface area contributed by atoms with Crippen LogP contribution < -0.4 is 64.6 Å². The Balaban J connectivity index is 0.000000273. The summed E-state index contributed by atoms with van der Waals surface area (Å²) in [6.07, 6.45) is 18.3. The number of nitrogens with two attached hydrogens (primary N) is 2. The molecule has 14 N–H and O–H groups in total. The van der Waals surface area contributed by atoms with Crippen molar-refractivity contribution < 1.29 is 57.4 Å². The van der Waals surface area contributed by atoms with Gasteiger partial charge >= 0.3 is 12.2 Å². The van der Waals surface area contributed by atoms with Gasteiger partial charge in [-0.3, -0.25) is 38.4 Å². The number of rotatable bonds is 36. The smallest absolute Gasteiger partial charge is 0.408 e. The Bertz CT molecular complexity index is 3820. The fraction of sp³-hybridized carbons (Fsp3) is 0.634. The Kier molecular flexibility index (Phi) is 37.5. The molecule has 2 aliphatic carbocycles. The monoisotopic (exact) mass is 1650 g/mol. The number of benzene rings is 4. The minimum atomic E-state index is -1.13. The minimum Gasteiger partial charge on any atom is -0.444 e. The number of nitrogens with zero attached hydrogens (tertiary/aromatic N) is 2. The van der Waals surface area contributed by atoms with Crippen molar-refractivity contribution in [3.05, 3.63) is 144 Å². The standard InChI is InChI=1S/C48H72N6O8.C37H55N7O4.C8H15N/c1-33(2)30-37(40(55)50-36(22-15-16-27-49-44(59)61-46(3,4)5)43(58)54-28-25-48(26-29-54)23-17-24-48)51-41(56)38(31-34-18-11-9-12-19-34)52-42(57)39(32-35-20-13-10-14-21-35)53-45(60)62-47(6,7)8;1-26(2)21-31(34(46)41-30(15-9-10-18-38)36(48)44-19-16-37(17-20-44)24-40-25-37)43-35(47)32(23-28-13-7-4-8-14-28)42-33(45)29(39)22-27-11-5-3-6-12-27;1-2-8(3-1)4-6-9-7-5-8/h9-14,18-21,33,36-39H,15-17,22-32H2,1-8H3,(H,49,59)(H,50,55)(H,51,56)(H,52,57)(H,53,60);3-8,11-14,26,29-32,40H,9-10,15-25,38-39H2,1-2H3,(H,41,46)(H,42,45)(H,43,47);9H,1-7H2/t36-,37-,38-,39-;29-,30-,31-,32-;/m11./s1. The number of nitrogens with one attached hydrogen (secondary N) is 10. The van der Waals surface area contributed by atoms with E-state index in [1.807, 2.05) is 159 Å². The zero-order chi connectivity index (χ0) is 86.2. The fourth-order valence-electron chi connectivity index (χ4n) is 16.6. The van der Waals surface area contributed by atoms with Gasteiger partial charge in [-0.25, -0.2) is 9.59 Å². The van der Waals surface area contributed by atoms with E-state index in [0.717, 1.165) is 72.9 Å². The molecule has 10 rings (SSSR count). The summed E-state index contributed by atoms with van der Waals surface area (Å²) in [4.78, 5) is 141. The van der Waals surface area contributed by atoms with Crippen molar-refractivity contribution in [3.8, 4) is 0 Å². The molecule has 0 unspecified atom stereocenters. The van der Waals surface area contributed by atoms with E-state index in [9.17, 15) is 47.9 Å². The molecule has 4 heterocycles. The van der Waals surface area contributed by atoms with Crippen molar-refractivity contribution >= 4 is 59.4 Å². The van der Waals surface area contributed by atoms with Gasteiger partial charge in [0.05, 0.1) is 6.04 Å². The molecule has 10 amide bonds. The molecule has 26 heteroatoms. The van der Waals surface area contributed by atoms with Gasteiger partial charge in [-0.05, 0) is 234 Å². The van der Waals surface area contributed by atoms with Gasteiger partial charge in [0.15, 0.2) is 0 Å². The molecule has 4 aromatic rings. The summed E-state index contributed by atoms with van der Waals surface area (Å²) >= 11 is 0. The lowest BCUT2D eigenvalue weighted by Gasteiger charge is -2.48. The molecule has 6 fully saturated rings. The van der Waals surface area contributed by atoms with E-state index in [2.05, 4.69) is 53.2 Å². The molecule has 3 spiro atoms. The van der Waals surface area contributed by atoms with Gasteiger partial charge in [0.2, 0.25) is 47.3 Å². The van der Waals surface area contributed by atoms with Crippen LogP contribution in [0.1, 0.15) is 220 Å². The zero-order valence-corrected chi connectivity index (χ0v) is 72.8. The van der Waals surface area contributed by atoms with Crippen molar-refractivity contribution in [2.75, 3.05) is 65.4 Å². The molecule has 4 aliphatic heterocycles. The molecule has 4 aromatic carbocycles. The lowest BCUT2D eigenvalue weighted by atomic mass is 9.63. The summed E-state index contributed by atoms with van der Waals surface area (Å²) in [5.74, 6) is -3.22. The molecule has 2 saturated carbocycles. The highest BCUT2D eigenvalue weighted by molar-refractivity contribution is 5.97. The summed E-state index contributed by atoms with van der Waals surface area (Å²) in [7, 11) is 0. The van der Waals surface area contributed by atoms with Crippen LogP contribution in [-0.2, 0) is 73.5 Å². The number of carbonyl (C=O) groups is 10. The highest BCUT2D eigenvalue weighted by Crippen LogP contribution is 2.49. The van der Waals surface area contributed by atoms with Crippen molar-refractivity contribution in [3.63, 3.8) is 0 Å². The first kappa shape index (κ1) is 95.5. The maximum absolute atomic E-state index is 14.4. The number of amides is 10. The van der Waals surface area contributed by atoms with Crippen LogP contribution in [0.3, 0.4) is 0 Å². The van der Waals surface area contributed by atoms with Gasteiger partial charge in [0.25, 0.3) is 0 Å². The van der Waals surface area contributed by atoms with Gasteiger partial charge in [-0.15, -0.1) is 0 Å². The average molecular weight is 1650 g/mol. The van der Waals surface area contributed by atoms with E-state index >= 15 is 0 Å². The third-order valence-electron chi connectivity index (χ3n) is 24.0. The van der Waals surface area contributed by atoms with Gasteiger partial charge in [-0.1, -0.05) is 162 Å². The number of alkyl carbamates (subject to hydrolysis) is 2. The normalized spacial score (nSPS) is 18.4. The first-order valence-electron chi connectivity index (χ1n) is 44.1. The van der Waals surface area contributed by atoms with Gasteiger partial charge in [-0.2, -0.15) is 0 Å². The second-order valence-electron chi connectivity index (χ2n) is 37.1. The topological polar surface area (TPSA) is 368 Å². The maximum atomic E-state index is 14.4. The van der Waals surface area contributed by atoms with Crippen LogP contribution in [0.2, 0.25) is 0 Å². The van der Waals surface area contributed by atoms with E-state index in [1.165, 1.54) is 64.5 Å². The van der Waals surface area contributed by atoms with Gasteiger partial charge < -0.3 is 83.9 Å². The summed E-state index contributed by atoms with van der Waals surface area (Å²) in [6.45, 7) is 26.4. The molecule has 4 saturated heterocycles. The van der Waals surface area contributed by atoms with Crippen molar-refractivity contribution in [1.29, 1.82) is 0 Å². The highest BCUT2D eigenvalue weighted by atomic mass is 16.6. The summed E-state index contributed by atoms with van der Waals surface area (Å²) in [5, 5.41) is 29.8. The van der Waals surface area contributed by atoms with Crippen LogP contribution in [-0.4, -0.2) is 194 Å². The van der Waals surface area contributed by atoms with Crippen molar-refractivity contribution in [1.82, 2.24) is 63.0 Å². The second kappa shape index (κ2) is 46.7. The number of hydrogen-bond acceptors (Lipinski definition) is 16. The lowest BCUT2D eigenvalue weighted by Crippen LogP contribution is -2.61. The minimum absolute atomic E-state index is 0.0182. The molecule has 8 atom stereocenters. The number of piperidine rings is 3. The van der Waals surface area contributed by atoms with Crippen LogP contribution in [0.4, 0.5) is 9.59 Å². The van der Waals surface area contributed by atoms with Crippen LogP contribution in [0.25, 0.3) is 0 Å². The molecule has 119 heavy (non-hydrogen) atoms. The summed E-state index contributed by atoms with van der Waals surface area (Å²) in [6, 6.07) is 29.8. The second-order valence-corrected chi connectivity index (χ2v) is 37.1. The van der Waals surface area contributed by atoms with Crippen LogP contribution in [0, 0.1) is 28.1 Å². The quantitative estimate of drug-likeness (QED) is 0.0189. The number of carbonyl (C=O) groups excluding carboxylic acids is 10. The maximum Gasteiger partial charge on any atom is 0.408 e. The SMILES string of the molecule is C1CC2(C1)CCNCC2.CC(C)C[C@@H](NC(=O)[C@@H](Cc1ccccc1)NC(=O)[C@@H](Cc1ccccc1)NC(=O)OC(C)(C)C)C(=O)N[C@H](CCCCNC(=O)OC(C)(C)C)C(=O)N1CCC2(CCC2)CC1.CC(C)C[C@@H](NC(=O)[C@@H](Cc1ccccc1)NC(=O)[C@H](N)Cc1ccccc1)C(=O)N[C@H](CCCCN)C(=O)N1CCC2(CC1)CNC2. The summed E-state index contributed by atoms with van der Waals surface area (Å²) in [5.41, 5.74) is 15.4. The predicted molar refractivity (Wildman–Crippen MR) is 465 cm³/mol. The Morgan fingerprint density at radius 3 is 1.08 bits per heavy atom. The van der Waals surface area contributed by atoms with Crippen molar-refractivity contribution in [2.45, 2.75) is 283 Å². The third kappa shape index (κ3) is 32.5. The highest BCUT2D eigenvalue weighted by Gasteiger charge is 2.45. The number of unbranched alkanes of at least 4 members (excludes halogenated alkanes) is 2. The number of likely N-dealkylation sites (tertiary alicyclic amines) is 2. The Morgan fingerprint density at radius 2 is 0.731 bits per heavy atom. The first-order chi connectivity index (χ1) is 56.7. The van der Waals surface area contributed by atoms with E-state index in [4.69, 9.17) is 20.9 Å². The zero-order valence-electron chi connectivity index (χ0n) is 72.8. The molecular weight excluding hydrogens is 1510 g/mol. The average Bonchev–Trinajstić information content (AvgIpc) is 0.424. The molecule has 0 radical (unpaired) electrons. The summed E-state index contributed by atoms with van der Waals surface area (Å²) < 4.78 is 10.8. The van der Waals surface area contributed by atoms with E-state index in [-0.39, 0.29) is 49.3 Å². The number of hydrogen-bond donors (Lipinski definition) is 12. The molecule has 0 aromatic heterocycles. The van der Waals surface area contributed by atoms with E-state index in [1.54, 1.807) is 41.5 Å².